The predicted molar refractivity (Wildman–Crippen MR) is 98.0 cm³/mol. The number of rotatable bonds is 5. The number of likely N-dealkylation sites (tertiary alicyclic amines) is 1. The Labute approximate surface area is 149 Å². The SMILES string of the molecule is Cc1ccc(S(=O)(=O)CCC(=O)N2CCCC2c2ccccc2)cc1. The molecule has 1 heterocycles. The molecule has 25 heavy (non-hydrogen) atoms. The van der Waals surface area contributed by atoms with E-state index in [9.17, 15) is 13.2 Å². The Morgan fingerprint density at radius 2 is 1.76 bits per heavy atom. The molecule has 1 aliphatic rings. The van der Waals surface area contributed by atoms with E-state index in [1.54, 1.807) is 24.3 Å². The van der Waals surface area contributed by atoms with Gasteiger partial charge in [-0.05, 0) is 37.5 Å². The van der Waals surface area contributed by atoms with E-state index in [4.69, 9.17) is 0 Å². The first-order valence-corrected chi connectivity index (χ1v) is 10.3. The number of carbonyl (C=O) groups excluding carboxylic acids is 1. The molecule has 0 bridgehead atoms. The Kier molecular flexibility index (Phi) is 5.23. The molecule has 132 valence electrons. The second kappa shape index (κ2) is 7.40. The molecule has 2 aromatic rings. The van der Waals surface area contributed by atoms with Gasteiger partial charge in [-0.2, -0.15) is 0 Å². The third kappa shape index (κ3) is 4.10. The number of sulfone groups is 1. The van der Waals surface area contributed by atoms with Crippen LogP contribution in [0.4, 0.5) is 0 Å². The highest BCUT2D eigenvalue weighted by atomic mass is 32.2. The van der Waals surface area contributed by atoms with E-state index in [-0.39, 0.29) is 29.0 Å². The predicted octanol–water partition coefficient (Wildman–Crippen LogP) is 3.52. The van der Waals surface area contributed by atoms with Crippen LogP contribution in [0.3, 0.4) is 0 Å². The highest BCUT2D eigenvalue weighted by Gasteiger charge is 2.30. The zero-order chi connectivity index (χ0) is 17.9. The molecule has 1 fully saturated rings. The number of benzene rings is 2. The molecule has 0 saturated carbocycles. The Morgan fingerprint density at radius 3 is 2.44 bits per heavy atom. The fraction of sp³-hybridized carbons (Fsp3) is 0.350. The van der Waals surface area contributed by atoms with Gasteiger partial charge in [-0.3, -0.25) is 4.79 Å². The van der Waals surface area contributed by atoms with Crippen molar-refractivity contribution in [1.82, 2.24) is 4.90 Å². The van der Waals surface area contributed by atoms with Crippen LogP contribution in [0.15, 0.2) is 59.5 Å². The highest BCUT2D eigenvalue weighted by Crippen LogP contribution is 2.32. The second-order valence-corrected chi connectivity index (χ2v) is 8.65. The summed E-state index contributed by atoms with van der Waals surface area (Å²) in [5.41, 5.74) is 2.13. The van der Waals surface area contributed by atoms with Crippen molar-refractivity contribution in [3.63, 3.8) is 0 Å². The third-order valence-corrected chi connectivity index (χ3v) is 6.45. The molecule has 4 nitrogen and oxygen atoms in total. The number of amides is 1. The molecule has 3 rings (SSSR count). The first kappa shape index (κ1) is 17.7. The fourth-order valence-corrected chi connectivity index (χ4v) is 4.55. The first-order chi connectivity index (χ1) is 12.0. The van der Waals surface area contributed by atoms with Gasteiger partial charge < -0.3 is 4.90 Å². The molecule has 1 aliphatic heterocycles. The van der Waals surface area contributed by atoms with Crippen molar-refractivity contribution in [3.8, 4) is 0 Å². The van der Waals surface area contributed by atoms with Crippen LogP contribution in [0, 0.1) is 6.92 Å². The maximum absolute atomic E-state index is 12.6. The lowest BCUT2D eigenvalue weighted by molar-refractivity contribution is -0.131. The molecule has 1 atom stereocenters. The van der Waals surface area contributed by atoms with Gasteiger partial charge >= 0.3 is 0 Å². The van der Waals surface area contributed by atoms with Crippen molar-refractivity contribution < 1.29 is 13.2 Å². The van der Waals surface area contributed by atoms with Crippen LogP contribution in [0.1, 0.15) is 36.4 Å². The fourth-order valence-electron chi connectivity index (χ4n) is 3.32. The topological polar surface area (TPSA) is 54.5 Å². The van der Waals surface area contributed by atoms with E-state index in [1.807, 2.05) is 42.2 Å². The van der Waals surface area contributed by atoms with Crippen molar-refractivity contribution in [2.45, 2.75) is 37.1 Å². The van der Waals surface area contributed by atoms with Gasteiger partial charge in [0.05, 0.1) is 16.7 Å². The summed E-state index contributed by atoms with van der Waals surface area (Å²) in [6.45, 7) is 2.61. The monoisotopic (exact) mass is 357 g/mol. The lowest BCUT2D eigenvalue weighted by Crippen LogP contribution is -2.31. The van der Waals surface area contributed by atoms with Crippen LogP contribution in [-0.2, 0) is 14.6 Å². The quantitative estimate of drug-likeness (QED) is 0.823. The molecular formula is C20H23NO3S. The summed E-state index contributed by atoms with van der Waals surface area (Å²) in [5, 5.41) is 0. The molecule has 1 unspecified atom stereocenters. The van der Waals surface area contributed by atoms with E-state index in [0.29, 0.717) is 6.54 Å². The zero-order valence-electron chi connectivity index (χ0n) is 14.4. The summed E-state index contributed by atoms with van der Waals surface area (Å²) in [4.78, 5) is 14.7. The summed E-state index contributed by atoms with van der Waals surface area (Å²) in [6, 6.07) is 16.8. The van der Waals surface area contributed by atoms with Gasteiger partial charge in [-0.1, -0.05) is 48.0 Å². The summed E-state index contributed by atoms with van der Waals surface area (Å²) >= 11 is 0. The second-order valence-electron chi connectivity index (χ2n) is 6.54. The van der Waals surface area contributed by atoms with Gasteiger partial charge in [-0.15, -0.1) is 0 Å². The molecule has 0 N–H and O–H groups in total. The zero-order valence-corrected chi connectivity index (χ0v) is 15.2. The van der Waals surface area contributed by atoms with Crippen molar-refractivity contribution in [1.29, 1.82) is 0 Å². The molecule has 0 spiro atoms. The Morgan fingerprint density at radius 1 is 1.08 bits per heavy atom. The molecule has 5 heteroatoms. The van der Waals surface area contributed by atoms with Gasteiger partial charge in [0.25, 0.3) is 0 Å². The van der Waals surface area contributed by atoms with Crippen molar-refractivity contribution >= 4 is 15.7 Å². The highest BCUT2D eigenvalue weighted by molar-refractivity contribution is 7.91. The van der Waals surface area contributed by atoms with Crippen LogP contribution < -0.4 is 0 Å². The Balaban J connectivity index is 1.66. The van der Waals surface area contributed by atoms with Crippen LogP contribution >= 0.6 is 0 Å². The molecule has 0 aromatic heterocycles. The lowest BCUT2D eigenvalue weighted by Gasteiger charge is -2.25. The average Bonchev–Trinajstić information content (AvgIpc) is 3.11. The Bertz CT molecular complexity index is 829. The summed E-state index contributed by atoms with van der Waals surface area (Å²) in [7, 11) is -3.43. The number of carbonyl (C=O) groups is 1. The van der Waals surface area contributed by atoms with Gasteiger partial charge in [0, 0.05) is 13.0 Å². The first-order valence-electron chi connectivity index (χ1n) is 8.61. The molecule has 1 saturated heterocycles. The molecule has 0 radical (unpaired) electrons. The molecular weight excluding hydrogens is 334 g/mol. The van der Waals surface area contributed by atoms with Crippen LogP contribution in [0.25, 0.3) is 0 Å². The minimum atomic E-state index is -3.43. The van der Waals surface area contributed by atoms with E-state index in [1.165, 1.54) is 0 Å². The maximum Gasteiger partial charge on any atom is 0.224 e. The number of hydrogen-bond donors (Lipinski definition) is 0. The van der Waals surface area contributed by atoms with Crippen LogP contribution in [0.2, 0.25) is 0 Å². The Hall–Kier alpha value is -2.14. The molecule has 1 amide bonds. The van der Waals surface area contributed by atoms with E-state index in [2.05, 4.69) is 0 Å². The number of hydrogen-bond acceptors (Lipinski definition) is 3. The van der Waals surface area contributed by atoms with Gasteiger partial charge in [0.1, 0.15) is 0 Å². The van der Waals surface area contributed by atoms with Crippen LogP contribution in [-0.4, -0.2) is 31.5 Å². The minimum absolute atomic E-state index is 0.0273. The minimum Gasteiger partial charge on any atom is -0.336 e. The standard InChI is InChI=1S/C20H23NO3S/c1-16-9-11-18(12-10-16)25(23,24)15-13-20(22)21-14-5-8-19(21)17-6-3-2-4-7-17/h2-4,6-7,9-12,19H,5,8,13-15H2,1H3. The number of nitrogens with zero attached hydrogens (tertiary/aromatic N) is 1. The van der Waals surface area contributed by atoms with Crippen molar-refractivity contribution in [2.75, 3.05) is 12.3 Å². The van der Waals surface area contributed by atoms with Gasteiger partial charge in [0.2, 0.25) is 5.91 Å². The summed E-state index contributed by atoms with van der Waals surface area (Å²) in [6.07, 6.45) is 1.91. The average molecular weight is 357 g/mol. The molecule has 0 aliphatic carbocycles. The van der Waals surface area contributed by atoms with E-state index >= 15 is 0 Å². The maximum atomic E-state index is 12.6. The van der Waals surface area contributed by atoms with Gasteiger partial charge in [0.15, 0.2) is 9.84 Å². The number of aryl methyl sites for hydroxylation is 1. The smallest absolute Gasteiger partial charge is 0.224 e. The molecule has 2 aromatic carbocycles. The van der Waals surface area contributed by atoms with E-state index < -0.39 is 9.84 Å². The van der Waals surface area contributed by atoms with Crippen LogP contribution in [0.5, 0.6) is 0 Å². The third-order valence-electron chi connectivity index (χ3n) is 4.72. The lowest BCUT2D eigenvalue weighted by atomic mass is 10.0. The normalized spacial score (nSPS) is 17.6. The van der Waals surface area contributed by atoms with E-state index in [0.717, 1.165) is 24.0 Å². The van der Waals surface area contributed by atoms with Crippen molar-refractivity contribution in [3.05, 3.63) is 65.7 Å². The largest absolute Gasteiger partial charge is 0.336 e. The summed E-state index contributed by atoms with van der Waals surface area (Å²) in [5.74, 6) is -0.227. The van der Waals surface area contributed by atoms with Gasteiger partial charge in [-0.25, -0.2) is 8.42 Å². The van der Waals surface area contributed by atoms with Crippen molar-refractivity contribution in [2.24, 2.45) is 0 Å². The summed E-state index contributed by atoms with van der Waals surface area (Å²) < 4.78 is 24.9.